The number of aliphatic carboxylic acids is 1. The van der Waals surface area contributed by atoms with E-state index in [0.29, 0.717) is 23.6 Å². The minimum absolute atomic E-state index is 0.0810. The maximum atomic E-state index is 14.2. The van der Waals surface area contributed by atoms with Crippen LogP contribution in [0, 0.1) is 17.5 Å². The number of hydrogen-bond donors (Lipinski definition) is 3. The van der Waals surface area contributed by atoms with Gasteiger partial charge in [-0.1, -0.05) is 12.1 Å². The molecule has 2 aromatic carbocycles. The van der Waals surface area contributed by atoms with E-state index in [2.05, 4.69) is 15.5 Å². The van der Waals surface area contributed by atoms with Crippen LogP contribution in [0.1, 0.15) is 55.2 Å². The molecule has 1 saturated carbocycles. The molecule has 2 aliphatic heterocycles. The van der Waals surface area contributed by atoms with Crippen LogP contribution in [0.25, 0.3) is 0 Å². The fourth-order valence-corrected chi connectivity index (χ4v) is 6.64. The number of carbonyl (C=O) groups is 3. The van der Waals surface area contributed by atoms with Crippen molar-refractivity contribution in [2.24, 2.45) is 0 Å². The predicted molar refractivity (Wildman–Crippen MR) is 152 cm³/mol. The number of likely N-dealkylation sites (tertiary alicyclic amines) is 1. The lowest BCUT2D eigenvalue weighted by molar-refractivity contribution is -0.133. The highest BCUT2D eigenvalue weighted by Gasteiger charge is 2.44. The Labute approximate surface area is 252 Å². The number of amides is 4. The van der Waals surface area contributed by atoms with Crippen molar-refractivity contribution in [3.63, 3.8) is 0 Å². The van der Waals surface area contributed by atoms with Gasteiger partial charge in [-0.25, -0.2) is 32.5 Å². The molecule has 2 fully saturated rings. The van der Waals surface area contributed by atoms with Crippen molar-refractivity contribution >= 4 is 18.0 Å². The number of benzene rings is 2. The third-order valence-corrected chi connectivity index (χ3v) is 8.73. The van der Waals surface area contributed by atoms with Crippen molar-refractivity contribution in [3.05, 3.63) is 76.2 Å². The number of nitrogens with one attached hydrogen (secondary N) is 2. The number of methoxy groups -OCH3 is 2. The van der Waals surface area contributed by atoms with Crippen molar-refractivity contribution in [1.82, 2.24) is 20.4 Å². The smallest absolute Gasteiger partial charge is 0.335 e. The standard InChI is InChI=1S/C31H35F3N4O6/c1-43-16-25-27(29(39)40)28(18-5-10-23(33)24(34)13-18)38(31(42)36-25)30(41)35-20-11-12-37(15-20)21-7-3-17(4-8-21)22-9-6-19(32)14-26(22)44-2/h5-6,9-10,13-14,17,20-21,28H,3-4,7-8,11-12,15-16H2,1-2H3,(H,35,41)(H,36,42)(H,39,40)/t17-,20-,21-,28?/m1/s1. The SMILES string of the molecule is COCC1=C(C(=O)O)C(c2ccc(F)c(F)c2)N(C(=O)N[C@@H]2CCN([C@H]3CC[C@H](c4ccc(F)cc4OC)CC3)C2)C(=O)N1. The van der Waals surface area contributed by atoms with E-state index in [-0.39, 0.29) is 41.7 Å². The minimum atomic E-state index is -1.53. The van der Waals surface area contributed by atoms with E-state index in [9.17, 15) is 32.7 Å². The summed E-state index contributed by atoms with van der Waals surface area (Å²) in [6, 6.07) is 4.04. The molecule has 2 atom stereocenters. The fourth-order valence-electron chi connectivity index (χ4n) is 6.64. The summed E-state index contributed by atoms with van der Waals surface area (Å²) in [5, 5.41) is 15.3. The molecular weight excluding hydrogens is 581 g/mol. The average molecular weight is 617 g/mol. The van der Waals surface area contributed by atoms with E-state index < -0.39 is 41.3 Å². The molecule has 0 aromatic heterocycles. The number of carboxylic acid groups (broad SMARTS) is 1. The van der Waals surface area contributed by atoms with E-state index in [4.69, 9.17) is 9.47 Å². The molecule has 3 N–H and O–H groups in total. The summed E-state index contributed by atoms with van der Waals surface area (Å²) in [5.74, 6) is -3.38. The number of hydrogen-bond acceptors (Lipinski definition) is 6. The maximum absolute atomic E-state index is 14.2. The summed E-state index contributed by atoms with van der Waals surface area (Å²) >= 11 is 0. The number of rotatable bonds is 8. The summed E-state index contributed by atoms with van der Waals surface area (Å²) in [6.45, 7) is 0.969. The third kappa shape index (κ3) is 6.39. The van der Waals surface area contributed by atoms with Crippen LogP contribution in [0.2, 0.25) is 0 Å². The van der Waals surface area contributed by atoms with E-state index >= 15 is 0 Å². The quantitative estimate of drug-likeness (QED) is 0.394. The van der Waals surface area contributed by atoms with Crippen LogP contribution >= 0.6 is 0 Å². The highest BCUT2D eigenvalue weighted by molar-refractivity contribution is 6.01. The molecule has 1 aliphatic carbocycles. The van der Waals surface area contributed by atoms with Crippen LogP contribution in [-0.4, -0.2) is 78.9 Å². The van der Waals surface area contributed by atoms with Gasteiger partial charge in [0.1, 0.15) is 17.6 Å². The number of ether oxygens (including phenoxy) is 2. The fraction of sp³-hybridized carbons (Fsp3) is 0.452. The van der Waals surface area contributed by atoms with Crippen molar-refractivity contribution in [2.45, 2.75) is 56.1 Å². The van der Waals surface area contributed by atoms with Crippen LogP contribution in [0.15, 0.2) is 47.7 Å². The first-order valence-electron chi connectivity index (χ1n) is 14.5. The number of halogens is 3. The molecule has 0 bridgehead atoms. The molecule has 0 spiro atoms. The molecule has 1 unspecified atom stereocenters. The maximum Gasteiger partial charge on any atom is 0.335 e. The first-order chi connectivity index (χ1) is 21.1. The lowest BCUT2D eigenvalue weighted by atomic mass is 9.81. The molecular formula is C31H35F3N4O6. The topological polar surface area (TPSA) is 120 Å². The Morgan fingerprint density at radius 2 is 1.77 bits per heavy atom. The van der Waals surface area contributed by atoms with E-state index in [1.807, 2.05) is 0 Å². The van der Waals surface area contributed by atoms with E-state index in [1.54, 1.807) is 6.07 Å². The zero-order valence-corrected chi connectivity index (χ0v) is 24.4. The molecule has 10 nitrogen and oxygen atoms in total. The molecule has 2 heterocycles. The molecule has 2 aromatic rings. The van der Waals surface area contributed by atoms with E-state index in [0.717, 1.165) is 56.0 Å². The highest BCUT2D eigenvalue weighted by Crippen LogP contribution is 2.40. The number of imide groups is 1. The summed E-state index contributed by atoms with van der Waals surface area (Å²) in [6.07, 6.45) is 4.23. The van der Waals surface area contributed by atoms with Crippen LogP contribution in [-0.2, 0) is 9.53 Å². The Hall–Kier alpha value is -4.10. The van der Waals surface area contributed by atoms with E-state index in [1.165, 1.54) is 26.4 Å². The molecule has 4 amide bonds. The number of nitrogens with zero attached hydrogens (tertiary/aromatic N) is 2. The van der Waals surface area contributed by atoms with Gasteiger partial charge in [0.15, 0.2) is 11.6 Å². The van der Waals surface area contributed by atoms with Crippen LogP contribution < -0.4 is 15.4 Å². The normalized spacial score (nSPS) is 24.3. The lowest BCUT2D eigenvalue weighted by Gasteiger charge is -2.37. The van der Waals surface area contributed by atoms with Gasteiger partial charge < -0.3 is 25.2 Å². The van der Waals surface area contributed by atoms with Gasteiger partial charge >= 0.3 is 18.0 Å². The van der Waals surface area contributed by atoms with Gasteiger partial charge in [-0.05, 0) is 67.3 Å². The second-order valence-corrected chi connectivity index (χ2v) is 11.3. The van der Waals surface area contributed by atoms with Crippen molar-refractivity contribution < 1.29 is 42.1 Å². The molecule has 5 rings (SSSR count). The Bertz CT molecular complexity index is 1460. The predicted octanol–water partition coefficient (Wildman–Crippen LogP) is 4.67. The first kappa shape index (κ1) is 31.3. The van der Waals surface area contributed by atoms with Crippen LogP contribution in [0.4, 0.5) is 22.8 Å². The largest absolute Gasteiger partial charge is 0.496 e. The van der Waals surface area contributed by atoms with Gasteiger partial charge in [-0.2, -0.15) is 0 Å². The summed E-state index contributed by atoms with van der Waals surface area (Å²) in [5.41, 5.74) is 0.431. The van der Waals surface area contributed by atoms with Gasteiger partial charge in [0.2, 0.25) is 0 Å². The summed E-state index contributed by atoms with van der Waals surface area (Å²) in [7, 11) is 2.84. The van der Waals surface area contributed by atoms with Gasteiger partial charge in [0.05, 0.1) is 25.0 Å². The Balaban J connectivity index is 1.28. The molecule has 44 heavy (non-hydrogen) atoms. The number of carboxylic acids is 1. The third-order valence-electron chi connectivity index (χ3n) is 8.73. The lowest BCUT2D eigenvalue weighted by Crippen LogP contribution is -2.56. The van der Waals surface area contributed by atoms with Gasteiger partial charge in [-0.3, -0.25) is 4.90 Å². The highest BCUT2D eigenvalue weighted by atomic mass is 19.2. The van der Waals surface area contributed by atoms with Crippen LogP contribution in [0.5, 0.6) is 5.75 Å². The van der Waals surface area contributed by atoms with Crippen molar-refractivity contribution in [1.29, 1.82) is 0 Å². The molecule has 0 radical (unpaired) electrons. The number of carbonyl (C=O) groups excluding carboxylic acids is 2. The van der Waals surface area contributed by atoms with Crippen molar-refractivity contribution in [3.8, 4) is 5.75 Å². The second-order valence-electron chi connectivity index (χ2n) is 11.3. The van der Waals surface area contributed by atoms with Crippen LogP contribution in [0.3, 0.4) is 0 Å². The zero-order chi connectivity index (χ0) is 31.5. The van der Waals surface area contributed by atoms with Gasteiger partial charge in [0, 0.05) is 38.3 Å². The molecule has 1 saturated heterocycles. The Kier molecular flexibility index (Phi) is 9.45. The average Bonchev–Trinajstić information content (AvgIpc) is 3.46. The Morgan fingerprint density at radius 3 is 2.43 bits per heavy atom. The molecule has 13 heteroatoms. The van der Waals surface area contributed by atoms with Gasteiger partial charge in [-0.15, -0.1) is 0 Å². The monoisotopic (exact) mass is 616 g/mol. The second kappa shape index (κ2) is 13.3. The zero-order valence-electron chi connectivity index (χ0n) is 24.4. The van der Waals surface area contributed by atoms with Crippen molar-refractivity contribution in [2.75, 3.05) is 33.9 Å². The summed E-state index contributed by atoms with van der Waals surface area (Å²) < 4.78 is 52.1. The summed E-state index contributed by atoms with van der Waals surface area (Å²) in [4.78, 5) is 42.1. The molecule has 236 valence electrons. The van der Waals surface area contributed by atoms with Gasteiger partial charge in [0.25, 0.3) is 0 Å². The minimum Gasteiger partial charge on any atom is -0.496 e. The number of urea groups is 2. The molecule has 3 aliphatic rings. The first-order valence-corrected chi connectivity index (χ1v) is 14.5. The Morgan fingerprint density at radius 1 is 1.02 bits per heavy atom.